The lowest BCUT2D eigenvalue weighted by Gasteiger charge is -2.25. The average Bonchev–Trinajstić information content (AvgIpc) is 2.11. The number of carbonyl (C=O) groups is 1. The lowest BCUT2D eigenvalue weighted by Crippen LogP contribution is -2.25. The zero-order chi connectivity index (χ0) is 11.2. The van der Waals surface area contributed by atoms with E-state index in [2.05, 4.69) is 13.8 Å². The lowest BCUT2D eigenvalue weighted by atomic mass is 9.94. The number of ether oxygens (including phenoxy) is 1. The van der Waals surface area contributed by atoms with Gasteiger partial charge in [0.1, 0.15) is 0 Å². The van der Waals surface area contributed by atoms with Gasteiger partial charge < -0.3 is 4.74 Å². The van der Waals surface area contributed by atoms with E-state index in [1.807, 2.05) is 13.0 Å². The Labute approximate surface area is 87.3 Å². The largest absolute Gasteiger partial charge is 0.374 e. The molecule has 0 rings (SSSR count). The van der Waals surface area contributed by atoms with Crippen LogP contribution in [-0.2, 0) is 9.53 Å². The molecule has 2 nitrogen and oxygen atoms in total. The average molecular weight is 198 g/mol. The fourth-order valence-corrected chi connectivity index (χ4v) is 1.12. The van der Waals surface area contributed by atoms with Crippen LogP contribution in [0.2, 0.25) is 0 Å². The normalized spacial score (nSPS) is 16.1. The van der Waals surface area contributed by atoms with E-state index in [9.17, 15) is 4.79 Å². The summed E-state index contributed by atoms with van der Waals surface area (Å²) in [6.07, 6.45) is 5.50. The Morgan fingerprint density at radius 2 is 2.07 bits per heavy atom. The molecule has 0 fully saturated rings. The van der Waals surface area contributed by atoms with Gasteiger partial charge in [0.25, 0.3) is 0 Å². The zero-order valence-electron chi connectivity index (χ0n) is 9.96. The van der Waals surface area contributed by atoms with E-state index in [1.54, 1.807) is 20.1 Å². The molecule has 0 aromatic heterocycles. The first kappa shape index (κ1) is 13.4. The third kappa shape index (κ3) is 5.92. The van der Waals surface area contributed by atoms with Crippen LogP contribution in [0.3, 0.4) is 0 Å². The van der Waals surface area contributed by atoms with E-state index in [1.165, 1.54) is 0 Å². The Bertz CT molecular complexity index is 206. The van der Waals surface area contributed by atoms with Gasteiger partial charge in [-0.05, 0) is 44.8 Å². The van der Waals surface area contributed by atoms with Crippen LogP contribution in [0.15, 0.2) is 12.2 Å². The highest BCUT2D eigenvalue weighted by molar-refractivity contribution is 5.87. The Morgan fingerprint density at radius 1 is 1.50 bits per heavy atom. The minimum Gasteiger partial charge on any atom is -0.374 e. The van der Waals surface area contributed by atoms with Gasteiger partial charge in [0.2, 0.25) is 0 Å². The molecular weight excluding hydrogens is 176 g/mol. The maximum Gasteiger partial charge on any atom is 0.152 e. The second kappa shape index (κ2) is 5.97. The molecular formula is C12H22O2. The molecule has 0 saturated carbocycles. The van der Waals surface area contributed by atoms with E-state index in [-0.39, 0.29) is 11.4 Å². The van der Waals surface area contributed by atoms with Crippen molar-refractivity contribution in [2.24, 2.45) is 5.92 Å². The number of methoxy groups -OCH3 is 1. The van der Waals surface area contributed by atoms with Crippen molar-refractivity contribution >= 4 is 5.78 Å². The molecule has 1 unspecified atom stereocenters. The van der Waals surface area contributed by atoms with Gasteiger partial charge in [-0.2, -0.15) is 0 Å². The topological polar surface area (TPSA) is 26.3 Å². The summed E-state index contributed by atoms with van der Waals surface area (Å²) in [5, 5.41) is 0. The summed E-state index contributed by atoms with van der Waals surface area (Å²) >= 11 is 0. The summed E-state index contributed by atoms with van der Waals surface area (Å²) in [4.78, 5) is 10.8. The van der Waals surface area contributed by atoms with Crippen molar-refractivity contribution < 1.29 is 9.53 Å². The monoisotopic (exact) mass is 198 g/mol. The first-order valence-electron chi connectivity index (χ1n) is 5.14. The molecule has 14 heavy (non-hydrogen) atoms. The second-order valence-electron chi connectivity index (χ2n) is 4.39. The highest BCUT2D eigenvalue weighted by atomic mass is 16.5. The van der Waals surface area contributed by atoms with Gasteiger partial charge in [-0.3, -0.25) is 4.79 Å². The number of hydrogen-bond acceptors (Lipinski definition) is 2. The maximum absolute atomic E-state index is 10.8. The number of hydrogen-bond donors (Lipinski definition) is 0. The van der Waals surface area contributed by atoms with Crippen LogP contribution in [0, 0.1) is 5.92 Å². The third-order valence-electron chi connectivity index (χ3n) is 2.36. The standard InChI is InChI=1S/C12H22O2/c1-10(2)6-8-12(4,14-5)9-7-11(3)13/h7,9-10H,6,8H2,1-5H3. The van der Waals surface area contributed by atoms with Crippen LogP contribution in [0.5, 0.6) is 0 Å². The molecule has 0 aromatic rings. The molecule has 0 saturated heterocycles. The fourth-order valence-electron chi connectivity index (χ4n) is 1.12. The molecule has 82 valence electrons. The molecule has 0 aromatic carbocycles. The van der Waals surface area contributed by atoms with Gasteiger partial charge in [-0.1, -0.05) is 13.8 Å². The predicted octanol–water partition coefficient (Wildman–Crippen LogP) is 2.97. The zero-order valence-corrected chi connectivity index (χ0v) is 9.96. The summed E-state index contributed by atoms with van der Waals surface area (Å²) in [6, 6.07) is 0. The Balaban J connectivity index is 4.24. The Hall–Kier alpha value is -0.630. The Kier molecular flexibility index (Phi) is 5.70. The van der Waals surface area contributed by atoms with Crippen molar-refractivity contribution in [1.82, 2.24) is 0 Å². The predicted molar refractivity (Wildman–Crippen MR) is 59.3 cm³/mol. The Morgan fingerprint density at radius 3 is 2.43 bits per heavy atom. The van der Waals surface area contributed by atoms with E-state index in [4.69, 9.17) is 4.74 Å². The minimum atomic E-state index is -0.296. The van der Waals surface area contributed by atoms with Crippen molar-refractivity contribution in [3.63, 3.8) is 0 Å². The molecule has 1 atom stereocenters. The summed E-state index contributed by atoms with van der Waals surface area (Å²) < 4.78 is 5.40. The molecule has 0 radical (unpaired) electrons. The smallest absolute Gasteiger partial charge is 0.152 e. The summed E-state index contributed by atoms with van der Waals surface area (Å²) in [7, 11) is 1.69. The van der Waals surface area contributed by atoms with Gasteiger partial charge in [-0.15, -0.1) is 0 Å². The van der Waals surface area contributed by atoms with E-state index >= 15 is 0 Å². The third-order valence-corrected chi connectivity index (χ3v) is 2.36. The molecule has 2 heteroatoms. The van der Waals surface area contributed by atoms with Crippen LogP contribution < -0.4 is 0 Å². The highest BCUT2D eigenvalue weighted by Gasteiger charge is 2.19. The number of allylic oxidation sites excluding steroid dienone is 1. The van der Waals surface area contributed by atoms with Crippen LogP contribution in [-0.4, -0.2) is 18.5 Å². The van der Waals surface area contributed by atoms with Gasteiger partial charge in [0.15, 0.2) is 5.78 Å². The second-order valence-corrected chi connectivity index (χ2v) is 4.39. The van der Waals surface area contributed by atoms with E-state index in [0.29, 0.717) is 5.92 Å². The van der Waals surface area contributed by atoms with Crippen LogP contribution >= 0.6 is 0 Å². The van der Waals surface area contributed by atoms with Crippen molar-refractivity contribution in [3.05, 3.63) is 12.2 Å². The van der Waals surface area contributed by atoms with Crippen molar-refractivity contribution in [2.45, 2.75) is 46.1 Å². The van der Waals surface area contributed by atoms with E-state index in [0.717, 1.165) is 12.8 Å². The molecule has 0 amide bonds. The fraction of sp³-hybridized carbons (Fsp3) is 0.750. The summed E-state index contributed by atoms with van der Waals surface area (Å²) in [5.74, 6) is 0.730. The van der Waals surface area contributed by atoms with Gasteiger partial charge in [-0.25, -0.2) is 0 Å². The van der Waals surface area contributed by atoms with Gasteiger partial charge in [0.05, 0.1) is 5.60 Å². The van der Waals surface area contributed by atoms with Gasteiger partial charge >= 0.3 is 0 Å². The van der Waals surface area contributed by atoms with E-state index < -0.39 is 0 Å². The molecule has 0 spiro atoms. The minimum absolute atomic E-state index is 0.0674. The van der Waals surface area contributed by atoms with Crippen LogP contribution in [0.4, 0.5) is 0 Å². The lowest BCUT2D eigenvalue weighted by molar-refractivity contribution is -0.112. The molecule has 0 N–H and O–H groups in total. The molecule has 0 aliphatic rings. The first-order chi connectivity index (χ1) is 6.39. The van der Waals surface area contributed by atoms with Crippen molar-refractivity contribution in [2.75, 3.05) is 7.11 Å². The molecule has 0 heterocycles. The molecule has 0 bridgehead atoms. The molecule has 0 aliphatic carbocycles. The van der Waals surface area contributed by atoms with Crippen molar-refractivity contribution in [1.29, 1.82) is 0 Å². The maximum atomic E-state index is 10.8. The number of rotatable bonds is 6. The van der Waals surface area contributed by atoms with Gasteiger partial charge in [0, 0.05) is 7.11 Å². The first-order valence-corrected chi connectivity index (χ1v) is 5.14. The number of ketones is 1. The summed E-state index contributed by atoms with van der Waals surface area (Å²) in [5.41, 5.74) is -0.296. The molecule has 0 aliphatic heterocycles. The SMILES string of the molecule is COC(C)(C=CC(C)=O)CCC(C)C. The quantitative estimate of drug-likeness (QED) is 0.613. The summed E-state index contributed by atoms with van der Waals surface area (Å²) in [6.45, 7) is 7.93. The highest BCUT2D eigenvalue weighted by Crippen LogP contribution is 2.21. The van der Waals surface area contributed by atoms with Crippen LogP contribution in [0.1, 0.15) is 40.5 Å². The van der Waals surface area contributed by atoms with Crippen molar-refractivity contribution in [3.8, 4) is 0 Å². The number of carbonyl (C=O) groups excluding carboxylic acids is 1. The van der Waals surface area contributed by atoms with Crippen LogP contribution in [0.25, 0.3) is 0 Å².